The van der Waals surface area contributed by atoms with Crippen LogP contribution in [0.25, 0.3) is 0 Å². The van der Waals surface area contributed by atoms with Gasteiger partial charge in [-0.1, -0.05) is 42.5 Å². The van der Waals surface area contributed by atoms with Crippen LogP contribution in [0, 0.1) is 0 Å². The number of benzene rings is 2. The van der Waals surface area contributed by atoms with E-state index in [4.69, 9.17) is 4.74 Å². The van der Waals surface area contributed by atoms with Crippen molar-refractivity contribution < 1.29 is 13.2 Å². The molecule has 2 aromatic carbocycles. The van der Waals surface area contributed by atoms with Gasteiger partial charge in [-0.15, -0.1) is 0 Å². The summed E-state index contributed by atoms with van der Waals surface area (Å²) >= 11 is 0. The number of morpholine rings is 1. The predicted octanol–water partition coefficient (Wildman–Crippen LogP) is 2.14. The Balaban J connectivity index is 1.56. The van der Waals surface area contributed by atoms with Crippen molar-refractivity contribution in [2.24, 2.45) is 0 Å². The molecule has 0 saturated carbocycles. The number of ether oxygens (including phenoxy) is 1. The van der Waals surface area contributed by atoms with Gasteiger partial charge in [-0.05, 0) is 23.3 Å². The van der Waals surface area contributed by atoms with E-state index in [-0.39, 0.29) is 5.75 Å². The normalized spacial score (nSPS) is 15.4. The SMILES string of the molecule is O=S(=O)(Cc1ccccc1)NCc1ccc(N2CCOCC2)cc1. The summed E-state index contributed by atoms with van der Waals surface area (Å²) in [6.45, 7) is 3.59. The molecule has 5 nitrogen and oxygen atoms in total. The molecule has 1 aliphatic heterocycles. The number of rotatable bonds is 6. The zero-order valence-corrected chi connectivity index (χ0v) is 14.3. The number of sulfonamides is 1. The monoisotopic (exact) mass is 346 g/mol. The van der Waals surface area contributed by atoms with Gasteiger partial charge >= 0.3 is 0 Å². The van der Waals surface area contributed by atoms with E-state index in [1.165, 1.54) is 0 Å². The van der Waals surface area contributed by atoms with E-state index in [1.807, 2.05) is 54.6 Å². The van der Waals surface area contributed by atoms with E-state index in [0.717, 1.165) is 43.1 Å². The summed E-state index contributed by atoms with van der Waals surface area (Å²) in [5, 5.41) is 0. The Labute approximate surface area is 143 Å². The summed E-state index contributed by atoms with van der Waals surface area (Å²) in [6, 6.07) is 17.2. The van der Waals surface area contributed by atoms with Crippen LogP contribution in [0.2, 0.25) is 0 Å². The first-order valence-corrected chi connectivity index (χ1v) is 9.70. The Bertz CT molecular complexity index is 740. The minimum Gasteiger partial charge on any atom is -0.378 e. The van der Waals surface area contributed by atoms with Gasteiger partial charge in [0, 0.05) is 25.3 Å². The van der Waals surface area contributed by atoms with Gasteiger partial charge in [-0.3, -0.25) is 0 Å². The van der Waals surface area contributed by atoms with Crippen LogP contribution in [0.4, 0.5) is 5.69 Å². The van der Waals surface area contributed by atoms with E-state index in [2.05, 4.69) is 9.62 Å². The highest BCUT2D eigenvalue weighted by Gasteiger charge is 2.13. The highest BCUT2D eigenvalue weighted by Crippen LogP contribution is 2.17. The molecule has 6 heteroatoms. The molecule has 0 spiro atoms. The van der Waals surface area contributed by atoms with Crippen molar-refractivity contribution >= 4 is 15.7 Å². The van der Waals surface area contributed by atoms with Crippen LogP contribution >= 0.6 is 0 Å². The fraction of sp³-hybridized carbons (Fsp3) is 0.333. The van der Waals surface area contributed by atoms with Gasteiger partial charge in [0.25, 0.3) is 0 Å². The molecule has 1 fully saturated rings. The summed E-state index contributed by atoms with van der Waals surface area (Å²) in [5.74, 6) is -0.000296. The van der Waals surface area contributed by atoms with Crippen LogP contribution in [-0.4, -0.2) is 34.7 Å². The topological polar surface area (TPSA) is 58.6 Å². The molecule has 0 bridgehead atoms. The molecule has 0 radical (unpaired) electrons. The third-order valence-corrected chi connectivity index (χ3v) is 5.31. The molecular weight excluding hydrogens is 324 g/mol. The second-order valence-electron chi connectivity index (χ2n) is 5.83. The van der Waals surface area contributed by atoms with Crippen molar-refractivity contribution in [3.63, 3.8) is 0 Å². The summed E-state index contributed by atoms with van der Waals surface area (Å²) in [6.07, 6.45) is 0. The fourth-order valence-corrected chi connectivity index (χ4v) is 3.80. The average Bonchev–Trinajstić information content (AvgIpc) is 2.62. The fourth-order valence-electron chi connectivity index (χ4n) is 2.68. The smallest absolute Gasteiger partial charge is 0.216 e. The number of nitrogens with one attached hydrogen (secondary N) is 1. The van der Waals surface area contributed by atoms with Crippen LogP contribution in [0.5, 0.6) is 0 Å². The first kappa shape index (κ1) is 17.0. The Hall–Kier alpha value is -1.89. The quantitative estimate of drug-likeness (QED) is 0.871. The zero-order valence-electron chi connectivity index (χ0n) is 13.5. The van der Waals surface area contributed by atoms with E-state index in [1.54, 1.807) is 0 Å². The van der Waals surface area contributed by atoms with Gasteiger partial charge in [0.05, 0.1) is 19.0 Å². The van der Waals surface area contributed by atoms with Crippen LogP contribution in [0.1, 0.15) is 11.1 Å². The van der Waals surface area contributed by atoms with E-state index in [0.29, 0.717) is 6.54 Å². The predicted molar refractivity (Wildman–Crippen MR) is 95.4 cm³/mol. The lowest BCUT2D eigenvalue weighted by atomic mass is 10.2. The minimum atomic E-state index is -3.34. The van der Waals surface area contributed by atoms with Crippen LogP contribution < -0.4 is 9.62 Å². The Kier molecular flexibility index (Phi) is 5.50. The number of hydrogen-bond acceptors (Lipinski definition) is 4. The van der Waals surface area contributed by atoms with E-state index >= 15 is 0 Å². The van der Waals surface area contributed by atoms with Gasteiger partial charge in [0.2, 0.25) is 10.0 Å². The van der Waals surface area contributed by atoms with Crippen LogP contribution in [-0.2, 0) is 27.1 Å². The Morgan fingerprint density at radius 3 is 2.25 bits per heavy atom. The molecule has 128 valence electrons. The molecule has 1 heterocycles. The molecule has 1 aliphatic rings. The highest BCUT2D eigenvalue weighted by molar-refractivity contribution is 7.88. The molecular formula is C18H22N2O3S. The number of nitrogens with zero attached hydrogens (tertiary/aromatic N) is 1. The number of hydrogen-bond donors (Lipinski definition) is 1. The third kappa shape index (κ3) is 4.80. The summed E-state index contributed by atoms with van der Waals surface area (Å²) < 4.78 is 32.3. The molecule has 3 rings (SSSR count). The van der Waals surface area contributed by atoms with Gasteiger partial charge in [0.15, 0.2) is 0 Å². The van der Waals surface area contributed by atoms with Gasteiger partial charge < -0.3 is 9.64 Å². The molecule has 1 saturated heterocycles. The standard InChI is InChI=1S/C18H22N2O3S/c21-24(22,15-17-4-2-1-3-5-17)19-14-16-6-8-18(9-7-16)20-10-12-23-13-11-20/h1-9,19H,10-15H2. The Morgan fingerprint density at radius 2 is 1.58 bits per heavy atom. The molecule has 0 amide bonds. The molecule has 0 aromatic heterocycles. The zero-order chi connectivity index (χ0) is 16.8. The van der Waals surface area contributed by atoms with Crippen molar-refractivity contribution in [1.29, 1.82) is 0 Å². The van der Waals surface area contributed by atoms with E-state index in [9.17, 15) is 8.42 Å². The number of anilines is 1. The van der Waals surface area contributed by atoms with Crippen molar-refractivity contribution in [2.75, 3.05) is 31.2 Å². The summed E-state index contributed by atoms with van der Waals surface area (Å²) in [4.78, 5) is 2.27. The second kappa shape index (κ2) is 7.79. The summed E-state index contributed by atoms with van der Waals surface area (Å²) in [7, 11) is -3.34. The maximum atomic E-state index is 12.2. The van der Waals surface area contributed by atoms with Gasteiger partial charge in [-0.25, -0.2) is 13.1 Å². The van der Waals surface area contributed by atoms with Gasteiger partial charge in [0.1, 0.15) is 0 Å². The summed E-state index contributed by atoms with van der Waals surface area (Å²) in [5.41, 5.74) is 2.88. The lowest BCUT2D eigenvalue weighted by molar-refractivity contribution is 0.122. The lowest BCUT2D eigenvalue weighted by Crippen LogP contribution is -2.36. The maximum absolute atomic E-state index is 12.2. The van der Waals surface area contributed by atoms with Crippen molar-refractivity contribution in [3.8, 4) is 0 Å². The van der Waals surface area contributed by atoms with Crippen molar-refractivity contribution in [3.05, 3.63) is 65.7 Å². The van der Waals surface area contributed by atoms with Crippen molar-refractivity contribution in [1.82, 2.24) is 4.72 Å². The Morgan fingerprint density at radius 1 is 0.917 bits per heavy atom. The first-order valence-electron chi connectivity index (χ1n) is 8.05. The largest absolute Gasteiger partial charge is 0.378 e. The molecule has 0 aliphatic carbocycles. The highest BCUT2D eigenvalue weighted by atomic mass is 32.2. The molecule has 0 atom stereocenters. The lowest BCUT2D eigenvalue weighted by Gasteiger charge is -2.28. The maximum Gasteiger partial charge on any atom is 0.216 e. The van der Waals surface area contributed by atoms with E-state index < -0.39 is 10.0 Å². The van der Waals surface area contributed by atoms with Gasteiger partial charge in [-0.2, -0.15) is 0 Å². The average molecular weight is 346 g/mol. The third-order valence-electron chi connectivity index (χ3n) is 4.01. The second-order valence-corrected chi connectivity index (χ2v) is 7.64. The minimum absolute atomic E-state index is 0.000296. The first-order chi connectivity index (χ1) is 11.6. The molecule has 1 N–H and O–H groups in total. The molecule has 2 aromatic rings. The van der Waals surface area contributed by atoms with Crippen LogP contribution in [0.15, 0.2) is 54.6 Å². The van der Waals surface area contributed by atoms with Crippen molar-refractivity contribution in [2.45, 2.75) is 12.3 Å². The van der Waals surface area contributed by atoms with Crippen LogP contribution in [0.3, 0.4) is 0 Å². The molecule has 24 heavy (non-hydrogen) atoms. The molecule has 0 unspecified atom stereocenters.